The lowest BCUT2D eigenvalue weighted by Crippen LogP contribution is -2.13. The highest BCUT2D eigenvalue weighted by atomic mass is 16.5. The molecule has 3 aromatic rings. The van der Waals surface area contributed by atoms with E-state index in [-0.39, 0.29) is 11.4 Å². The first-order valence-electron chi connectivity index (χ1n) is 8.23. The highest BCUT2D eigenvalue weighted by Crippen LogP contribution is 2.26. The van der Waals surface area contributed by atoms with Crippen molar-refractivity contribution in [3.05, 3.63) is 54.5 Å². The molecule has 2 N–H and O–H groups in total. The molecular formula is C19H19N3O4. The van der Waals surface area contributed by atoms with Gasteiger partial charge in [-0.1, -0.05) is 0 Å². The van der Waals surface area contributed by atoms with Gasteiger partial charge in [-0.05, 0) is 48.7 Å². The Morgan fingerprint density at radius 2 is 2.04 bits per heavy atom. The van der Waals surface area contributed by atoms with Crippen LogP contribution in [0.5, 0.6) is 11.6 Å². The minimum absolute atomic E-state index is 0.0257. The maximum Gasteiger partial charge on any atom is 0.278 e. The van der Waals surface area contributed by atoms with E-state index in [9.17, 15) is 9.90 Å². The smallest absolute Gasteiger partial charge is 0.278 e. The molecule has 1 aromatic carbocycles. The number of carbonyl (C=O) groups excluding carboxylic acids is 1. The fourth-order valence-corrected chi connectivity index (χ4v) is 2.45. The summed E-state index contributed by atoms with van der Waals surface area (Å²) in [7, 11) is 0. The lowest BCUT2D eigenvalue weighted by Gasteiger charge is -2.10. The highest BCUT2D eigenvalue weighted by Gasteiger charge is 2.13. The molecule has 134 valence electrons. The van der Waals surface area contributed by atoms with Crippen LogP contribution < -0.4 is 10.1 Å². The first-order chi connectivity index (χ1) is 12.7. The summed E-state index contributed by atoms with van der Waals surface area (Å²) in [5.41, 5.74) is 0.557. The van der Waals surface area contributed by atoms with Crippen molar-refractivity contribution >= 4 is 22.4 Å². The summed E-state index contributed by atoms with van der Waals surface area (Å²) in [5, 5.41) is 14.2. The SMILES string of the molecule is CCOCCOc1nccc2cc(NC(=O)c3ncccc3O)ccc12. The Balaban J connectivity index is 1.77. The average Bonchev–Trinajstić information content (AvgIpc) is 2.65. The standard InChI is InChI=1S/C19H19N3O4/c1-2-25-10-11-26-19-15-6-5-14(12-13(15)7-9-21-19)22-18(24)17-16(23)4-3-8-20-17/h3-9,12,23H,2,10-11H2,1H3,(H,22,24). The van der Waals surface area contributed by atoms with Crippen molar-refractivity contribution in [1.82, 2.24) is 9.97 Å². The number of amides is 1. The number of pyridine rings is 2. The molecule has 2 aromatic heterocycles. The molecule has 1 amide bonds. The van der Waals surface area contributed by atoms with E-state index < -0.39 is 5.91 Å². The molecule has 26 heavy (non-hydrogen) atoms. The highest BCUT2D eigenvalue weighted by molar-refractivity contribution is 6.05. The molecule has 7 nitrogen and oxygen atoms in total. The number of rotatable bonds is 7. The van der Waals surface area contributed by atoms with Crippen LogP contribution in [0.25, 0.3) is 10.8 Å². The Morgan fingerprint density at radius 3 is 2.85 bits per heavy atom. The maximum atomic E-state index is 12.3. The van der Waals surface area contributed by atoms with E-state index in [1.54, 1.807) is 18.3 Å². The number of hydrogen-bond donors (Lipinski definition) is 2. The molecule has 0 spiro atoms. The molecule has 0 fully saturated rings. The van der Waals surface area contributed by atoms with Crippen molar-refractivity contribution in [2.24, 2.45) is 0 Å². The summed E-state index contributed by atoms with van der Waals surface area (Å²) >= 11 is 0. The third-order valence-corrected chi connectivity index (χ3v) is 3.66. The van der Waals surface area contributed by atoms with Crippen LogP contribution in [0.1, 0.15) is 17.4 Å². The van der Waals surface area contributed by atoms with Gasteiger partial charge in [-0.25, -0.2) is 9.97 Å². The van der Waals surface area contributed by atoms with Crippen molar-refractivity contribution in [2.45, 2.75) is 6.92 Å². The Bertz CT molecular complexity index is 914. The summed E-state index contributed by atoms with van der Waals surface area (Å²) in [4.78, 5) is 20.4. The maximum absolute atomic E-state index is 12.3. The molecule has 2 heterocycles. The minimum Gasteiger partial charge on any atom is -0.505 e. The van der Waals surface area contributed by atoms with Gasteiger partial charge >= 0.3 is 0 Å². The Kier molecular flexibility index (Phi) is 5.60. The lowest BCUT2D eigenvalue weighted by molar-refractivity contribution is 0.101. The van der Waals surface area contributed by atoms with Gasteiger partial charge in [0.05, 0.1) is 6.61 Å². The van der Waals surface area contributed by atoms with Gasteiger partial charge in [0, 0.05) is 30.1 Å². The van der Waals surface area contributed by atoms with Gasteiger partial charge in [-0.15, -0.1) is 0 Å². The van der Waals surface area contributed by atoms with Crippen LogP contribution in [-0.4, -0.2) is 40.8 Å². The minimum atomic E-state index is -0.482. The molecule has 0 aliphatic rings. The molecule has 0 saturated carbocycles. The van der Waals surface area contributed by atoms with Gasteiger partial charge in [0.2, 0.25) is 5.88 Å². The quantitative estimate of drug-likeness (QED) is 0.634. The Hall–Kier alpha value is -3.19. The van der Waals surface area contributed by atoms with Crippen molar-refractivity contribution in [3.8, 4) is 11.6 Å². The summed E-state index contributed by atoms with van der Waals surface area (Å²) in [6.45, 7) is 3.48. The van der Waals surface area contributed by atoms with E-state index in [1.807, 2.05) is 25.1 Å². The zero-order valence-electron chi connectivity index (χ0n) is 14.3. The van der Waals surface area contributed by atoms with E-state index in [0.29, 0.717) is 31.4 Å². The van der Waals surface area contributed by atoms with Gasteiger partial charge < -0.3 is 19.9 Å². The molecule has 3 rings (SSSR count). The molecule has 0 aliphatic heterocycles. The summed E-state index contributed by atoms with van der Waals surface area (Å²) in [6, 6.07) is 10.2. The fraction of sp³-hybridized carbons (Fsp3) is 0.211. The fourth-order valence-electron chi connectivity index (χ4n) is 2.45. The van der Waals surface area contributed by atoms with Gasteiger partial charge in [-0.3, -0.25) is 4.79 Å². The lowest BCUT2D eigenvalue weighted by atomic mass is 10.1. The number of benzene rings is 1. The zero-order chi connectivity index (χ0) is 18.4. The number of fused-ring (bicyclic) bond motifs is 1. The van der Waals surface area contributed by atoms with E-state index in [1.165, 1.54) is 12.3 Å². The molecule has 0 saturated heterocycles. The number of ether oxygens (including phenoxy) is 2. The molecule has 0 aliphatic carbocycles. The van der Waals surface area contributed by atoms with Crippen molar-refractivity contribution < 1.29 is 19.4 Å². The first kappa shape index (κ1) is 17.6. The van der Waals surface area contributed by atoms with Crippen LogP contribution >= 0.6 is 0 Å². The Labute approximate surface area is 150 Å². The van der Waals surface area contributed by atoms with Gasteiger partial charge in [0.1, 0.15) is 12.4 Å². The van der Waals surface area contributed by atoms with Crippen LogP contribution in [0.3, 0.4) is 0 Å². The first-order valence-corrected chi connectivity index (χ1v) is 8.23. The van der Waals surface area contributed by atoms with Crippen LogP contribution in [0, 0.1) is 0 Å². The summed E-state index contributed by atoms with van der Waals surface area (Å²) in [5.74, 6) is -0.132. The predicted molar refractivity (Wildman–Crippen MR) is 97.6 cm³/mol. The molecular weight excluding hydrogens is 334 g/mol. The number of anilines is 1. The topological polar surface area (TPSA) is 93.6 Å². The van der Waals surface area contributed by atoms with Crippen molar-refractivity contribution in [3.63, 3.8) is 0 Å². The van der Waals surface area contributed by atoms with Crippen molar-refractivity contribution in [1.29, 1.82) is 0 Å². The van der Waals surface area contributed by atoms with Gasteiger partial charge in [0.25, 0.3) is 5.91 Å². The number of nitrogens with zero attached hydrogens (tertiary/aromatic N) is 2. The van der Waals surface area contributed by atoms with Crippen LogP contribution in [0.4, 0.5) is 5.69 Å². The second-order valence-corrected chi connectivity index (χ2v) is 5.42. The third-order valence-electron chi connectivity index (χ3n) is 3.66. The number of nitrogens with one attached hydrogen (secondary N) is 1. The molecule has 0 unspecified atom stereocenters. The van der Waals surface area contributed by atoms with Crippen LogP contribution in [0.15, 0.2) is 48.8 Å². The molecule has 0 radical (unpaired) electrons. The predicted octanol–water partition coefficient (Wildman–Crippen LogP) is 3.00. The number of aromatic hydroxyl groups is 1. The van der Waals surface area contributed by atoms with E-state index >= 15 is 0 Å². The zero-order valence-corrected chi connectivity index (χ0v) is 14.3. The Morgan fingerprint density at radius 1 is 1.15 bits per heavy atom. The van der Waals surface area contributed by atoms with E-state index in [4.69, 9.17) is 9.47 Å². The van der Waals surface area contributed by atoms with Gasteiger partial charge in [0.15, 0.2) is 5.69 Å². The second-order valence-electron chi connectivity index (χ2n) is 5.42. The molecule has 7 heteroatoms. The largest absolute Gasteiger partial charge is 0.505 e. The van der Waals surface area contributed by atoms with Crippen LogP contribution in [0.2, 0.25) is 0 Å². The summed E-state index contributed by atoms with van der Waals surface area (Å²) in [6.07, 6.45) is 3.10. The van der Waals surface area contributed by atoms with Crippen molar-refractivity contribution in [2.75, 3.05) is 25.1 Å². The normalized spacial score (nSPS) is 10.7. The van der Waals surface area contributed by atoms with E-state index in [0.717, 1.165) is 10.8 Å². The second kappa shape index (κ2) is 8.26. The monoisotopic (exact) mass is 353 g/mol. The summed E-state index contributed by atoms with van der Waals surface area (Å²) < 4.78 is 10.9. The number of carbonyl (C=O) groups is 1. The molecule has 0 atom stereocenters. The number of aromatic nitrogens is 2. The van der Waals surface area contributed by atoms with E-state index in [2.05, 4.69) is 15.3 Å². The average molecular weight is 353 g/mol. The van der Waals surface area contributed by atoms with Crippen LogP contribution in [-0.2, 0) is 4.74 Å². The molecule has 0 bridgehead atoms. The third kappa shape index (κ3) is 4.07. The number of hydrogen-bond acceptors (Lipinski definition) is 6. The van der Waals surface area contributed by atoms with Gasteiger partial charge in [-0.2, -0.15) is 0 Å².